The van der Waals surface area contributed by atoms with Gasteiger partial charge in [0.2, 0.25) is 0 Å². The lowest BCUT2D eigenvalue weighted by atomic mass is 10.2. The van der Waals surface area contributed by atoms with Crippen LogP contribution in [0.4, 0.5) is 8.78 Å². The third-order valence-electron chi connectivity index (χ3n) is 1.67. The Hall–Kier alpha value is -0.390. The molecule has 4 heteroatoms. The molecule has 1 rings (SSSR count). The average molecular weight is 297 g/mol. The second-order valence-electron chi connectivity index (χ2n) is 2.86. The maximum atomic E-state index is 12.1. The summed E-state index contributed by atoms with van der Waals surface area (Å²) in [6.07, 6.45) is 1.28. The van der Waals surface area contributed by atoms with Crippen molar-refractivity contribution >= 4 is 22.6 Å². The first kappa shape index (κ1) is 10.7. The third kappa shape index (κ3) is 2.79. The maximum absolute atomic E-state index is 12.1. The Morgan fingerprint density at radius 1 is 1.62 bits per heavy atom. The highest BCUT2D eigenvalue weighted by Gasteiger charge is 2.16. The van der Waals surface area contributed by atoms with Gasteiger partial charge in [-0.25, -0.2) is 8.78 Å². The molecule has 0 saturated heterocycles. The number of hydrogen-bond acceptors (Lipinski definition) is 1. The summed E-state index contributed by atoms with van der Waals surface area (Å²) in [4.78, 5) is 1.49. The van der Waals surface area contributed by atoms with E-state index in [1.54, 1.807) is 6.20 Å². The molecule has 1 nitrogen and oxygen atoms in total. The van der Waals surface area contributed by atoms with Crippen molar-refractivity contribution in [2.24, 2.45) is 0 Å². The molecule has 0 unspecified atom stereocenters. The standard InChI is InChI=1S/C9H10F2IN/c1-6-3-8(12)7(2)13(4-6)5-9(10)11/h3-4,9H,2,5H2,1H3. The summed E-state index contributed by atoms with van der Waals surface area (Å²) in [5, 5.41) is 0. The molecule has 1 aliphatic heterocycles. The van der Waals surface area contributed by atoms with Gasteiger partial charge in [0.05, 0.1) is 6.54 Å². The molecule has 0 saturated carbocycles. The van der Waals surface area contributed by atoms with Crippen LogP contribution in [-0.4, -0.2) is 17.9 Å². The van der Waals surface area contributed by atoms with Crippen molar-refractivity contribution in [3.63, 3.8) is 0 Å². The van der Waals surface area contributed by atoms with Crippen LogP contribution in [0.15, 0.2) is 33.7 Å². The fourth-order valence-corrected chi connectivity index (χ4v) is 1.89. The summed E-state index contributed by atoms with van der Waals surface area (Å²) in [5.74, 6) is 0. The molecule has 1 heterocycles. The van der Waals surface area contributed by atoms with E-state index in [9.17, 15) is 8.78 Å². The maximum Gasteiger partial charge on any atom is 0.256 e. The molecular weight excluding hydrogens is 287 g/mol. The SMILES string of the molecule is C=C1C(I)=CC(C)=CN1CC(F)F. The predicted molar refractivity (Wildman–Crippen MR) is 57.7 cm³/mol. The molecule has 72 valence electrons. The highest BCUT2D eigenvalue weighted by atomic mass is 127. The highest BCUT2D eigenvalue weighted by molar-refractivity contribution is 14.1. The van der Waals surface area contributed by atoms with Crippen molar-refractivity contribution in [3.05, 3.63) is 33.7 Å². The van der Waals surface area contributed by atoms with Crippen molar-refractivity contribution < 1.29 is 8.78 Å². The molecule has 0 aliphatic carbocycles. The summed E-state index contributed by atoms with van der Waals surface area (Å²) in [6, 6.07) is 0. The van der Waals surface area contributed by atoms with Crippen LogP contribution < -0.4 is 0 Å². The molecule has 13 heavy (non-hydrogen) atoms. The molecule has 0 N–H and O–H groups in total. The molecular formula is C9H10F2IN. The zero-order chi connectivity index (χ0) is 10.0. The fraction of sp³-hybridized carbons (Fsp3) is 0.333. The summed E-state index contributed by atoms with van der Waals surface area (Å²) in [5.41, 5.74) is 1.61. The van der Waals surface area contributed by atoms with E-state index in [-0.39, 0.29) is 6.54 Å². The number of rotatable bonds is 2. The van der Waals surface area contributed by atoms with Crippen molar-refractivity contribution in [3.8, 4) is 0 Å². The van der Waals surface area contributed by atoms with Gasteiger partial charge in [0.1, 0.15) is 0 Å². The molecule has 0 aromatic rings. The van der Waals surface area contributed by atoms with Gasteiger partial charge in [-0.1, -0.05) is 6.58 Å². The largest absolute Gasteiger partial charge is 0.342 e. The van der Waals surface area contributed by atoms with Gasteiger partial charge in [0.25, 0.3) is 6.43 Å². The van der Waals surface area contributed by atoms with Crippen LogP contribution in [0, 0.1) is 0 Å². The first-order valence-electron chi connectivity index (χ1n) is 3.80. The van der Waals surface area contributed by atoms with E-state index in [1.165, 1.54) is 4.90 Å². The highest BCUT2D eigenvalue weighted by Crippen LogP contribution is 2.27. The summed E-state index contributed by atoms with van der Waals surface area (Å²) in [7, 11) is 0. The molecule has 0 fully saturated rings. The van der Waals surface area contributed by atoms with Crippen LogP contribution in [0.5, 0.6) is 0 Å². The zero-order valence-electron chi connectivity index (χ0n) is 7.23. The van der Waals surface area contributed by atoms with Gasteiger partial charge < -0.3 is 4.90 Å². The summed E-state index contributed by atoms with van der Waals surface area (Å²) >= 11 is 2.09. The van der Waals surface area contributed by atoms with E-state index in [0.29, 0.717) is 5.70 Å². The van der Waals surface area contributed by atoms with E-state index in [1.807, 2.05) is 13.0 Å². The number of allylic oxidation sites excluding steroid dienone is 3. The zero-order valence-corrected chi connectivity index (χ0v) is 9.38. The van der Waals surface area contributed by atoms with E-state index in [2.05, 4.69) is 29.2 Å². The summed E-state index contributed by atoms with van der Waals surface area (Å²) in [6.45, 7) is 5.33. The van der Waals surface area contributed by atoms with Crippen molar-refractivity contribution in [1.29, 1.82) is 0 Å². The van der Waals surface area contributed by atoms with E-state index in [4.69, 9.17) is 0 Å². The Labute approximate surface area is 89.9 Å². The molecule has 0 amide bonds. The van der Waals surface area contributed by atoms with Crippen LogP contribution >= 0.6 is 22.6 Å². The minimum atomic E-state index is -2.33. The minimum Gasteiger partial charge on any atom is -0.342 e. The van der Waals surface area contributed by atoms with Gasteiger partial charge in [-0.15, -0.1) is 0 Å². The first-order chi connectivity index (χ1) is 6.00. The van der Waals surface area contributed by atoms with Crippen LogP contribution in [0.2, 0.25) is 0 Å². The topological polar surface area (TPSA) is 3.24 Å². The van der Waals surface area contributed by atoms with E-state index >= 15 is 0 Å². The van der Waals surface area contributed by atoms with Crippen LogP contribution in [0.3, 0.4) is 0 Å². The number of halogens is 3. The minimum absolute atomic E-state index is 0.281. The van der Waals surface area contributed by atoms with Gasteiger partial charge in [-0.3, -0.25) is 0 Å². The quantitative estimate of drug-likeness (QED) is 0.707. The number of alkyl halides is 2. The smallest absolute Gasteiger partial charge is 0.256 e. The lowest BCUT2D eigenvalue weighted by Gasteiger charge is -2.26. The molecule has 0 bridgehead atoms. The van der Waals surface area contributed by atoms with E-state index in [0.717, 1.165) is 9.15 Å². The lowest BCUT2D eigenvalue weighted by molar-refractivity contribution is 0.120. The monoisotopic (exact) mass is 297 g/mol. The van der Waals surface area contributed by atoms with Gasteiger partial charge in [-0.2, -0.15) is 0 Å². The Kier molecular flexibility index (Phi) is 3.47. The normalized spacial score (nSPS) is 17.6. The number of hydrogen-bond donors (Lipinski definition) is 0. The Morgan fingerprint density at radius 3 is 2.77 bits per heavy atom. The molecule has 1 aliphatic rings. The van der Waals surface area contributed by atoms with Crippen molar-refractivity contribution in [2.75, 3.05) is 6.54 Å². The fourth-order valence-electron chi connectivity index (χ4n) is 1.09. The van der Waals surface area contributed by atoms with Gasteiger partial charge in [-0.05, 0) is 41.2 Å². The third-order valence-corrected chi connectivity index (χ3v) is 2.60. The number of nitrogens with zero attached hydrogens (tertiary/aromatic N) is 1. The molecule has 0 spiro atoms. The van der Waals surface area contributed by atoms with Gasteiger partial charge in [0, 0.05) is 15.5 Å². The molecule has 0 aromatic heterocycles. The second kappa shape index (κ2) is 4.21. The van der Waals surface area contributed by atoms with Crippen LogP contribution in [0.1, 0.15) is 6.92 Å². The predicted octanol–water partition coefficient (Wildman–Crippen LogP) is 3.30. The van der Waals surface area contributed by atoms with Crippen LogP contribution in [-0.2, 0) is 0 Å². The van der Waals surface area contributed by atoms with Crippen molar-refractivity contribution in [1.82, 2.24) is 4.90 Å². The Balaban J connectivity index is 2.78. The van der Waals surface area contributed by atoms with Gasteiger partial charge in [0.15, 0.2) is 0 Å². The van der Waals surface area contributed by atoms with Gasteiger partial charge >= 0.3 is 0 Å². The molecule has 0 aromatic carbocycles. The molecule has 0 radical (unpaired) electrons. The lowest BCUT2D eigenvalue weighted by Crippen LogP contribution is -2.24. The Morgan fingerprint density at radius 2 is 2.23 bits per heavy atom. The van der Waals surface area contributed by atoms with E-state index < -0.39 is 6.43 Å². The molecule has 0 atom stereocenters. The Bertz CT molecular complexity index is 281. The second-order valence-corrected chi connectivity index (χ2v) is 4.02. The summed E-state index contributed by atoms with van der Waals surface area (Å²) < 4.78 is 25.1. The van der Waals surface area contributed by atoms with Crippen molar-refractivity contribution in [2.45, 2.75) is 13.3 Å². The average Bonchev–Trinajstić information content (AvgIpc) is 1.98. The van der Waals surface area contributed by atoms with Crippen LogP contribution in [0.25, 0.3) is 0 Å². The first-order valence-corrected chi connectivity index (χ1v) is 4.88.